The first-order valence-corrected chi connectivity index (χ1v) is 8.22. The van der Waals surface area contributed by atoms with Gasteiger partial charge >= 0.3 is 0 Å². The Kier molecular flexibility index (Phi) is 6.64. The lowest BCUT2D eigenvalue weighted by atomic mass is 9.90. The maximum absolute atomic E-state index is 14.4. The molecule has 3 rings (SSSR count). The van der Waals surface area contributed by atoms with Crippen LogP contribution in [0.4, 0.5) is 10.1 Å². The van der Waals surface area contributed by atoms with Gasteiger partial charge in [0.15, 0.2) is 0 Å². The zero-order valence-electron chi connectivity index (χ0n) is 13.4. The topological polar surface area (TPSA) is 61.4 Å². The van der Waals surface area contributed by atoms with E-state index in [9.17, 15) is 14.3 Å². The Hall–Kier alpha value is -1.82. The number of amides is 1. The second kappa shape index (κ2) is 8.52. The Morgan fingerprint density at radius 3 is 2.60 bits per heavy atom. The molecule has 1 heterocycles. The maximum Gasteiger partial charge on any atom is 0.259 e. The van der Waals surface area contributed by atoms with Gasteiger partial charge in [0.05, 0.1) is 5.56 Å². The van der Waals surface area contributed by atoms with Crippen LogP contribution in [0.3, 0.4) is 0 Å². The van der Waals surface area contributed by atoms with E-state index < -0.39 is 5.91 Å². The number of phenolic OH excluding ortho intramolecular Hbond substituents is 1. The molecule has 25 heavy (non-hydrogen) atoms. The molecule has 4 nitrogen and oxygen atoms in total. The lowest BCUT2D eigenvalue weighted by molar-refractivity contribution is 0.102. The van der Waals surface area contributed by atoms with Gasteiger partial charge in [-0.15, -0.1) is 12.4 Å². The summed E-state index contributed by atoms with van der Waals surface area (Å²) in [5, 5.41) is 15.9. The summed E-state index contributed by atoms with van der Waals surface area (Å²) in [5.41, 5.74) is 1.07. The van der Waals surface area contributed by atoms with Crippen molar-refractivity contribution >= 4 is 35.6 Å². The van der Waals surface area contributed by atoms with Gasteiger partial charge < -0.3 is 15.7 Å². The van der Waals surface area contributed by atoms with Crippen molar-refractivity contribution in [2.24, 2.45) is 0 Å². The highest BCUT2D eigenvalue weighted by Gasteiger charge is 2.19. The zero-order chi connectivity index (χ0) is 17.1. The minimum atomic E-state index is -0.538. The van der Waals surface area contributed by atoms with Crippen molar-refractivity contribution in [1.82, 2.24) is 5.32 Å². The second-order valence-corrected chi connectivity index (χ2v) is 6.31. The van der Waals surface area contributed by atoms with Crippen molar-refractivity contribution in [2.45, 2.75) is 18.8 Å². The fourth-order valence-corrected chi connectivity index (χ4v) is 3.13. The molecule has 7 heteroatoms. The molecule has 0 radical (unpaired) electrons. The molecule has 0 spiro atoms. The Bertz CT molecular complexity index is 765. The van der Waals surface area contributed by atoms with Gasteiger partial charge in [-0.25, -0.2) is 4.39 Å². The molecule has 1 aliphatic rings. The number of halogens is 3. The van der Waals surface area contributed by atoms with Gasteiger partial charge in [-0.05, 0) is 67.7 Å². The summed E-state index contributed by atoms with van der Waals surface area (Å²) in [4.78, 5) is 12.2. The standard InChI is InChI=1S/C18H18ClFN2O2.ClH/c19-12-1-4-17(23)15(9-12)18(24)22-13-2-3-14(16(20)10-13)11-5-7-21-8-6-11;/h1-4,9-11,21,23H,5-8H2,(H,22,24);1H. The molecule has 0 atom stereocenters. The summed E-state index contributed by atoms with van der Waals surface area (Å²) in [6.45, 7) is 1.77. The van der Waals surface area contributed by atoms with Crippen LogP contribution in [-0.2, 0) is 0 Å². The molecule has 2 aromatic rings. The van der Waals surface area contributed by atoms with Crippen LogP contribution in [0.25, 0.3) is 0 Å². The monoisotopic (exact) mass is 384 g/mol. The number of nitrogens with one attached hydrogen (secondary N) is 2. The van der Waals surface area contributed by atoms with Gasteiger partial charge in [0, 0.05) is 10.7 Å². The quantitative estimate of drug-likeness (QED) is 0.737. The Labute approximate surface area is 156 Å². The molecule has 1 amide bonds. The highest BCUT2D eigenvalue weighted by atomic mass is 35.5. The van der Waals surface area contributed by atoms with Crippen LogP contribution in [0.15, 0.2) is 36.4 Å². The predicted molar refractivity (Wildman–Crippen MR) is 99.6 cm³/mol. The van der Waals surface area contributed by atoms with Crippen LogP contribution in [0.1, 0.15) is 34.7 Å². The summed E-state index contributed by atoms with van der Waals surface area (Å²) in [7, 11) is 0. The van der Waals surface area contributed by atoms with Crippen LogP contribution in [0.2, 0.25) is 5.02 Å². The number of phenols is 1. The molecule has 1 fully saturated rings. The molecule has 0 aliphatic carbocycles. The van der Waals surface area contributed by atoms with Gasteiger partial charge in [-0.2, -0.15) is 0 Å². The molecule has 3 N–H and O–H groups in total. The molecule has 2 aromatic carbocycles. The Balaban J connectivity index is 0.00000225. The highest BCUT2D eigenvalue weighted by molar-refractivity contribution is 6.31. The van der Waals surface area contributed by atoms with E-state index in [1.807, 2.05) is 0 Å². The van der Waals surface area contributed by atoms with Crippen LogP contribution < -0.4 is 10.6 Å². The van der Waals surface area contributed by atoms with E-state index in [0.29, 0.717) is 16.3 Å². The smallest absolute Gasteiger partial charge is 0.259 e. The minimum Gasteiger partial charge on any atom is -0.507 e. The van der Waals surface area contributed by atoms with Crippen molar-refractivity contribution < 1.29 is 14.3 Å². The van der Waals surface area contributed by atoms with Gasteiger partial charge in [-0.1, -0.05) is 17.7 Å². The summed E-state index contributed by atoms with van der Waals surface area (Å²) in [6.07, 6.45) is 1.80. The van der Waals surface area contributed by atoms with Gasteiger partial charge in [0.2, 0.25) is 0 Å². The fourth-order valence-electron chi connectivity index (χ4n) is 2.96. The molecule has 134 valence electrons. The Morgan fingerprint density at radius 2 is 1.92 bits per heavy atom. The number of carbonyl (C=O) groups excluding carboxylic acids is 1. The lowest BCUT2D eigenvalue weighted by Crippen LogP contribution is -2.27. The van der Waals surface area contributed by atoms with Crippen LogP contribution >= 0.6 is 24.0 Å². The number of hydrogen-bond acceptors (Lipinski definition) is 3. The lowest BCUT2D eigenvalue weighted by Gasteiger charge is -2.23. The Morgan fingerprint density at radius 1 is 1.20 bits per heavy atom. The SMILES string of the molecule is Cl.O=C(Nc1ccc(C2CCNCC2)c(F)c1)c1cc(Cl)ccc1O. The molecule has 0 saturated carbocycles. The van der Waals surface area contributed by atoms with Crippen molar-refractivity contribution in [3.8, 4) is 5.75 Å². The second-order valence-electron chi connectivity index (χ2n) is 5.88. The van der Waals surface area contributed by atoms with Gasteiger partial charge in [-0.3, -0.25) is 4.79 Å². The summed E-state index contributed by atoms with van der Waals surface area (Å²) >= 11 is 5.84. The number of piperidine rings is 1. The molecular weight excluding hydrogens is 366 g/mol. The van der Waals surface area contributed by atoms with Crippen molar-refractivity contribution in [1.29, 1.82) is 0 Å². The number of carbonyl (C=O) groups is 1. The minimum absolute atomic E-state index is 0. The van der Waals surface area contributed by atoms with E-state index in [1.54, 1.807) is 12.1 Å². The first kappa shape index (κ1) is 19.5. The summed E-state index contributed by atoms with van der Waals surface area (Å²) < 4.78 is 14.4. The van der Waals surface area contributed by atoms with Crippen LogP contribution in [-0.4, -0.2) is 24.1 Å². The highest BCUT2D eigenvalue weighted by Crippen LogP contribution is 2.29. The van der Waals surface area contributed by atoms with Gasteiger partial charge in [0.25, 0.3) is 5.91 Å². The summed E-state index contributed by atoms with van der Waals surface area (Å²) in [6, 6.07) is 8.92. The first-order valence-electron chi connectivity index (χ1n) is 7.84. The maximum atomic E-state index is 14.4. The van der Waals surface area contributed by atoms with Crippen molar-refractivity contribution in [3.63, 3.8) is 0 Å². The largest absolute Gasteiger partial charge is 0.507 e. The third kappa shape index (κ3) is 4.63. The van der Waals surface area contributed by atoms with E-state index in [2.05, 4.69) is 10.6 Å². The summed E-state index contributed by atoms with van der Waals surface area (Å²) in [5.74, 6) is -0.837. The fraction of sp³-hybridized carbons (Fsp3) is 0.278. The molecule has 1 aliphatic heterocycles. The molecular formula is C18H19Cl2FN2O2. The average Bonchev–Trinajstić information content (AvgIpc) is 2.58. The number of anilines is 1. The van der Waals surface area contributed by atoms with Crippen molar-refractivity contribution in [2.75, 3.05) is 18.4 Å². The zero-order valence-corrected chi connectivity index (χ0v) is 15.0. The number of rotatable bonds is 3. The molecule has 0 unspecified atom stereocenters. The van der Waals surface area contributed by atoms with E-state index in [4.69, 9.17) is 11.6 Å². The van der Waals surface area contributed by atoms with E-state index >= 15 is 0 Å². The number of aromatic hydroxyl groups is 1. The molecule has 0 aromatic heterocycles. The third-order valence-electron chi connectivity index (χ3n) is 4.24. The van der Waals surface area contributed by atoms with Gasteiger partial charge in [0.1, 0.15) is 11.6 Å². The van der Waals surface area contributed by atoms with E-state index in [1.165, 1.54) is 24.3 Å². The predicted octanol–water partition coefficient (Wildman–Crippen LogP) is 4.33. The number of benzene rings is 2. The van der Waals surface area contributed by atoms with E-state index in [0.717, 1.165) is 25.9 Å². The van der Waals surface area contributed by atoms with Crippen LogP contribution in [0, 0.1) is 5.82 Å². The average molecular weight is 385 g/mol. The third-order valence-corrected chi connectivity index (χ3v) is 4.48. The normalized spacial score (nSPS) is 14.6. The van der Waals surface area contributed by atoms with Crippen molar-refractivity contribution in [3.05, 3.63) is 58.4 Å². The molecule has 1 saturated heterocycles. The van der Waals surface area contributed by atoms with Crippen LogP contribution in [0.5, 0.6) is 5.75 Å². The molecule has 0 bridgehead atoms. The number of hydrogen-bond donors (Lipinski definition) is 3. The van der Waals surface area contributed by atoms with E-state index in [-0.39, 0.29) is 35.5 Å². The first-order chi connectivity index (χ1) is 11.5.